The van der Waals surface area contributed by atoms with Crippen LogP contribution in [-0.4, -0.2) is 22.0 Å². The van der Waals surface area contributed by atoms with Crippen LogP contribution in [0.1, 0.15) is 22.4 Å². The van der Waals surface area contributed by atoms with E-state index in [0.717, 1.165) is 33.7 Å². The number of amides is 1. The molecule has 0 radical (unpaired) electrons. The minimum atomic E-state index is -0.890. The number of nitrogens with zero attached hydrogens (tertiary/aromatic N) is 1. The highest BCUT2D eigenvalue weighted by Crippen LogP contribution is 2.48. The van der Waals surface area contributed by atoms with Crippen LogP contribution in [0.2, 0.25) is 0 Å². The highest BCUT2D eigenvalue weighted by Gasteiger charge is 2.51. The number of benzene rings is 1. The van der Waals surface area contributed by atoms with Gasteiger partial charge in [0.15, 0.2) is 5.13 Å². The van der Waals surface area contributed by atoms with Gasteiger partial charge in [-0.1, -0.05) is 29.8 Å². The van der Waals surface area contributed by atoms with Gasteiger partial charge in [0, 0.05) is 10.4 Å². The lowest BCUT2D eigenvalue weighted by Gasteiger charge is -2.23. The van der Waals surface area contributed by atoms with Crippen molar-refractivity contribution in [2.75, 3.05) is 5.32 Å². The second kappa shape index (κ2) is 6.60. The van der Waals surface area contributed by atoms with Gasteiger partial charge in [0.2, 0.25) is 5.91 Å². The van der Waals surface area contributed by atoms with Crippen LogP contribution in [0, 0.1) is 44.4 Å². The molecule has 1 amide bonds. The molecule has 2 N–H and O–H groups in total. The number of hydrogen-bond donors (Lipinski definition) is 2. The lowest BCUT2D eigenvalue weighted by Crippen LogP contribution is -2.36. The van der Waals surface area contributed by atoms with E-state index in [9.17, 15) is 14.7 Å². The fraction of sp³-hybridized carbons (Fsp3) is 0.381. The lowest BCUT2D eigenvalue weighted by atomic mass is 9.82. The van der Waals surface area contributed by atoms with Crippen molar-refractivity contribution in [1.29, 1.82) is 0 Å². The summed E-state index contributed by atoms with van der Waals surface area (Å²) in [5, 5.41) is 13.0. The molecule has 140 valence electrons. The first-order valence-corrected chi connectivity index (χ1v) is 9.94. The molecule has 2 bridgehead atoms. The maximum absolute atomic E-state index is 12.9. The minimum absolute atomic E-state index is 0.00986. The molecule has 27 heavy (non-hydrogen) atoms. The summed E-state index contributed by atoms with van der Waals surface area (Å²) in [6.45, 7) is 6.08. The van der Waals surface area contributed by atoms with Crippen molar-refractivity contribution in [3.8, 4) is 11.3 Å². The molecule has 0 saturated heterocycles. The van der Waals surface area contributed by atoms with Crippen LogP contribution < -0.4 is 5.32 Å². The monoisotopic (exact) mass is 382 g/mol. The third-order valence-corrected chi connectivity index (χ3v) is 6.61. The maximum atomic E-state index is 12.9. The minimum Gasteiger partial charge on any atom is -0.481 e. The third kappa shape index (κ3) is 3.08. The second-order valence-corrected chi connectivity index (χ2v) is 8.77. The van der Waals surface area contributed by atoms with Crippen molar-refractivity contribution >= 4 is 28.3 Å². The van der Waals surface area contributed by atoms with E-state index >= 15 is 0 Å². The van der Waals surface area contributed by atoms with Crippen molar-refractivity contribution in [3.63, 3.8) is 0 Å². The first kappa shape index (κ1) is 17.9. The number of nitrogens with one attached hydrogen (secondary N) is 1. The number of thiazole rings is 1. The van der Waals surface area contributed by atoms with E-state index in [1.54, 1.807) is 0 Å². The summed E-state index contributed by atoms with van der Waals surface area (Å²) in [5.41, 5.74) is 4.23. The van der Waals surface area contributed by atoms with Gasteiger partial charge in [-0.25, -0.2) is 4.98 Å². The number of anilines is 1. The van der Waals surface area contributed by atoms with E-state index in [4.69, 9.17) is 0 Å². The molecule has 1 saturated carbocycles. The van der Waals surface area contributed by atoms with Crippen LogP contribution in [0.3, 0.4) is 0 Å². The van der Waals surface area contributed by atoms with Gasteiger partial charge in [0.05, 0.1) is 17.5 Å². The molecular formula is C21H22N2O3S. The van der Waals surface area contributed by atoms with Crippen molar-refractivity contribution in [2.24, 2.45) is 23.7 Å². The number of aliphatic carboxylic acids is 1. The fourth-order valence-corrected chi connectivity index (χ4v) is 5.23. The number of carbonyl (C=O) groups excluding carboxylic acids is 1. The quantitative estimate of drug-likeness (QED) is 0.777. The number of allylic oxidation sites excluding steroid dienone is 2. The van der Waals surface area contributed by atoms with Gasteiger partial charge in [-0.2, -0.15) is 0 Å². The van der Waals surface area contributed by atoms with Crippen LogP contribution in [0.4, 0.5) is 5.13 Å². The summed E-state index contributed by atoms with van der Waals surface area (Å²) in [5.74, 6) is -2.31. The number of carboxylic acid groups (broad SMARTS) is 1. The zero-order chi connectivity index (χ0) is 19.3. The van der Waals surface area contributed by atoms with Gasteiger partial charge in [-0.05, 0) is 50.7 Å². The predicted octanol–water partition coefficient (Wildman–Crippen LogP) is 4.20. The Hall–Kier alpha value is -2.47. The maximum Gasteiger partial charge on any atom is 0.307 e. The van der Waals surface area contributed by atoms with Crippen LogP contribution in [-0.2, 0) is 9.59 Å². The summed E-state index contributed by atoms with van der Waals surface area (Å²) >= 11 is 1.43. The smallest absolute Gasteiger partial charge is 0.307 e. The Labute approximate surface area is 162 Å². The Morgan fingerprint density at radius 1 is 1.15 bits per heavy atom. The molecule has 2 aromatic rings. The summed E-state index contributed by atoms with van der Waals surface area (Å²) in [4.78, 5) is 30.2. The molecule has 1 heterocycles. The standard InChI is InChI=1S/C21H22N2O3S/c1-10-4-5-11(2)15(8-10)18-12(3)27-21(22-18)23-19(24)16-13-6-7-14(9-13)17(16)20(25)26/h4-8,13-14,16-17H,9H2,1-3H3,(H,25,26)(H,22,23,24)/t13-,14-,16-,17+/m0/s1. The number of fused-ring (bicyclic) bond motifs is 2. The first-order chi connectivity index (χ1) is 12.8. The highest BCUT2D eigenvalue weighted by molar-refractivity contribution is 7.16. The van der Waals surface area contributed by atoms with E-state index < -0.39 is 17.8 Å². The second-order valence-electron chi connectivity index (χ2n) is 7.57. The number of carboxylic acids is 1. The molecule has 4 atom stereocenters. The molecule has 5 nitrogen and oxygen atoms in total. The molecular weight excluding hydrogens is 360 g/mol. The molecule has 1 fully saturated rings. The van der Waals surface area contributed by atoms with Crippen LogP contribution in [0.5, 0.6) is 0 Å². The summed E-state index contributed by atoms with van der Waals surface area (Å²) < 4.78 is 0. The molecule has 0 unspecified atom stereocenters. The Morgan fingerprint density at radius 2 is 1.85 bits per heavy atom. The third-order valence-electron chi connectivity index (χ3n) is 5.72. The fourth-order valence-electron chi connectivity index (χ4n) is 4.40. The zero-order valence-electron chi connectivity index (χ0n) is 15.5. The SMILES string of the molecule is Cc1ccc(C)c(-c2nc(NC(=O)[C@@H]3[C@H](C(=O)O)[C@H]4C=C[C@H]3C4)sc2C)c1. The number of aromatic nitrogens is 1. The number of aryl methyl sites for hydroxylation is 3. The Morgan fingerprint density at radius 3 is 2.56 bits per heavy atom. The van der Waals surface area contributed by atoms with Gasteiger partial charge in [0.1, 0.15) is 0 Å². The topological polar surface area (TPSA) is 79.3 Å². The summed E-state index contributed by atoms with van der Waals surface area (Å²) in [6, 6.07) is 6.24. The van der Waals surface area contributed by atoms with Crippen molar-refractivity contribution in [3.05, 3.63) is 46.4 Å². The van der Waals surface area contributed by atoms with Crippen LogP contribution in [0.15, 0.2) is 30.4 Å². The number of hydrogen-bond acceptors (Lipinski definition) is 4. The Bertz CT molecular complexity index is 962. The van der Waals surface area contributed by atoms with Crippen LogP contribution in [0.25, 0.3) is 11.3 Å². The van der Waals surface area contributed by atoms with Crippen molar-refractivity contribution in [1.82, 2.24) is 4.98 Å². The first-order valence-electron chi connectivity index (χ1n) is 9.12. The van der Waals surface area contributed by atoms with E-state index in [1.165, 1.54) is 11.3 Å². The van der Waals surface area contributed by atoms with Gasteiger partial charge in [0.25, 0.3) is 0 Å². The van der Waals surface area contributed by atoms with Gasteiger partial charge in [-0.15, -0.1) is 11.3 Å². The lowest BCUT2D eigenvalue weighted by molar-refractivity contribution is -0.146. The molecule has 2 aliphatic rings. The normalized spacial score (nSPS) is 25.7. The molecule has 4 rings (SSSR count). The van der Waals surface area contributed by atoms with E-state index in [1.807, 2.05) is 32.9 Å². The van der Waals surface area contributed by atoms with Crippen LogP contribution >= 0.6 is 11.3 Å². The summed E-state index contributed by atoms with van der Waals surface area (Å²) in [6.07, 6.45) is 4.68. The Balaban J connectivity index is 1.59. The average Bonchev–Trinajstić information content (AvgIpc) is 3.31. The molecule has 1 aromatic carbocycles. The van der Waals surface area contributed by atoms with Gasteiger partial charge >= 0.3 is 5.97 Å². The molecule has 2 aliphatic carbocycles. The van der Waals surface area contributed by atoms with Gasteiger partial charge in [-0.3, -0.25) is 9.59 Å². The number of rotatable bonds is 4. The molecule has 1 aromatic heterocycles. The average molecular weight is 382 g/mol. The number of carbonyl (C=O) groups is 2. The van der Waals surface area contributed by atoms with E-state index in [0.29, 0.717) is 5.13 Å². The van der Waals surface area contributed by atoms with E-state index in [2.05, 4.69) is 28.5 Å². The Kier molecular flexibility index (Phi) is 4.38. The zero-order valence-corrected chi connectivity index (χ0v) is 16.3. The molecule has 0 aliphatic heterocycles. The largest absolute Gasteiger partial charge is 0.481 e. The molecule has 6 heteroatoms. The van der Waals surface area contributed by atoms with E-state index in [-0.39, 0.29) is 17.7 Å². The highest BCUT2D eigenvalue weighted by atomic mass is 32.1. The summed E-state index contributed by atoms with van der Waals surface area (Å²) in [7, 11) is 0. The van der Waals surface area contributed by atoms with Gasteiger partial charge < -0.3 is 10.4 Å². The predicted molar refractivity (Wildman–Crippen MR) is 106 cm³/mol. The van der Waals surface area contributed by atoms with Crippen molar-refractivity contribution < 1.29 is 14.7 Å². The van der Waals surface area contributed by atoms with Crippen molar-refractivity contribution in [2.45, 2.75) is 27.2 Å². The molecule has 0 spiro atoms.